The summed E-state index contributed by atoms with van der Waals surface area (Å²) in [7, 11) is 1.26. The van der Waals surface area contributed by atoms with Crippen LogP contribution in [-0.2, 0) is 14.3 Å². The highest BCUT2D eigenvalue weighted by molar-refractivity contribution is 6.34. The minimum Gasteiger partial charge on any atom is -0.465 e. The van der Waals surface area contributed by atoms with Crippen LogP contribution in [0, 0.1) is 23.7 Å². The molecule has 4 rings (SSSR count). The number of anilines is 1. The van der Waals surface area contributed by atoms with Gasteiger partial charge in [-0.25, -0.2) is 9.69 Å². The topological polar surface area (TPSA) is 63.7 Å². The number of carbonyl (C=O) groups excluding carboxylic acids is 3. The predicted octanol–water partition coefficient (Wildman–Crippen LogP) is 2.44. The highest BCUT2D eigenvalue weighted by Gasteiger charge is 2.59. The fraction of sp³-hybridized carbons (Fsp3) is 0.353. The number of allylic oxidation sites excluding steroid dienone is 2. The predicted molar refractivity (Wildman–Crippen MR) is 83.0 cm³/mol. The molecule has 6 heteroatoms. The van der Waals surface area contributed by atoms with Crippen LogP contribution >= 0.6 is 11.6 Å². The number of hydrogen-bond donors (Lipinski definition) is 0. The van der Waals surface area contributed by atoms with Gasteiger partial charge in [-0.1, -0.05) is 23.8 Å². The molecule has 23 heavy (non-hydrogen) atoms. The van der Waals surface area contributed by atoms with Crippen molar-refractivity contribution < 1.29 is 19.1 Å². The molecule has 1 saturated carbocycles. The van der Waals surface area contributed by atoms with Gasteiger partial charge in [0.1, 0.15) is 0 Å². The molecule has 0 aromatic heterocycles. The Kier molecular flexibility index (Phi) is 3.10. The minimum atomic E-state index is -0.599. The molecule has 0 unspecified atom stereocenters. The Balaban J connectivity index is 1.73. The number of amides is 2. The maximum atomic E-state index is 12.7. The van der Waals surface area contributed by atoms with E-state index in [0.717, 1.165) is 6.42 Å². The quantitative estimate of drug-likeness (QED) is 0.474. The molecule has 0 spiro atoms. The van der Waals surface area contributed by atoms with Gasteiger partial charge in [-0.05, 0) is 36.5 Å². The van der Waals surface area contributed by atoms with E-state index in [0.29, 0.717) is 5.69 Å². The molecule has 3 aliphatic rings. The summed E-state index contributed by atoms with van der Waals surface area (Å²) in [5.74, 6) is -1.20. The fourth-order valence-corrected chi connectivity index (χ4v) is 4.27. The second-order valence-electron chi connectivity index (χ2n) is 6.17. The molecule has 1 aliphatic heterocycles. The van der Waals surface area contributed by atoms with Crippen LogP contribution < -0.4 is 4.90 Å². The standard InChI is InChI=1S/C17H14ClNO4/c1-23-17(22)11-7-10(4-5-12(11)18)19-15(20)13-8-2-3-9(6-8)14(13)16(19)21/h2-5,7-9,13-14H,6H2,1H3/t8-,9+,13-,14-/m0/s1. The van der Waals surface area contributed by atoms with Crippen molar-refractivity contribution in [1.29, 1.82) is 0 Å². The number of benzene rings is 1. The van der Waals surface area contributed by atoms with Crippen LogP contribution in [0.3, 0.4) is 0 Å². The molecule has 0 radical (unpaired) electrons. The van der Waals surface area contributed by atoms with Gasteiger partial charge in [0.05, 0.1) is 35.2 Å². The zero-order valence-electron chi connectivity index (χ0n) is 12.4. The molecule has 118 valence electrons. The third-order valence-electron chi connectivity index (χ3n) is 5.08. The third-order valence-corrected chi connectivity index (χ3v) is 5.41. The molecule has 2 bridgehead atoms. The number of ether oxygens (including phenoxy) is 1. The van der Waals surface area contributed by atoms with Crippen LogP contribution in [0.1, 0.15) is 16.8 Å². The molecule has 2 fully saturated rings. The molecular weight excluding hydrogens is 318 g/mol. The highest BCUT2D eigenvalue weighted by Crippen LogP contribution is 2.53. The maximum absolute atomic E-state index is 12.7. The monoisotopic (exact) mass is 331 g/mol. The van der Waals surface area contributed by atoms with E-state index in [9.17, 15) is 14.4 Å². The van der Waals surface area contributed by atoms with Crippen molar-refractivity contribution in [2.75, 3.05) is 12.0 Å². The van der Waals surface area contributed by atoms with E-state index in [1.807, 2.05) is 12.2 Å². The van der Waals surface area contributed by atoms with Crippen molar-refractivity contribution in [3.63, 3.8) is 0 Å². The maximum Gasteiger partial charge on any atom is 0.339 e. The van der Waals surface area contributed by atoms with Gasteiger partial charge in [-0.15, -0.1) is 0 Å². The Labute approximate surface area is 137 Å². The van der Waals surface area contributed by atoms with Crippen LogP contribution in [-0.4, -0.2) is 24.9 Å². The Bertz CT molecular complexity index is 742. The molecule has 1 saturated heterocycles. The molecule has 2 aliphatic carbocycles. The SMILES string of the molecule is COC(=O)c1cc(N2C(=O)[C@@H]3[C@@H](C2=O)[C@H]2C=C[C@@H]3C2)ccc1Cl. The molecule has 1 aromatic rings. The summed E-state index contributed by atoms with van der Waals surface area (Å²) in [6.45, 7) is 0. The van der Waals surface area contributed by atoms with E-state index in [2.05, 4.69) is 4.74 Å². The van der Waals surface area contributed by atoms with Crippen LogP contribution in [0.2, 0.25) is 5.02 Å². The summed E-state index contributed by atoms with van der Waals surface area (Å²) in [6, 6.07) is 4.53. The summed E-state index contributed by atoms with van der Waals surface area (Å²) in [4.78, 5) is 38.5. The van der Waals surface area contributed by atoms with E-state index in [4.69, 9.17) is 11.6 Å². The Hall–Kier alpha value is -2.14. The van der Waals surface area contributed by atoms with Gasteiger partial charge in [-0.3, -0.25) is 9.59 Å². The number of carbonyl (C=O) groups is 3. The summed E-state index contributed by atoms with van der Waals surface area (Å²) in [5.41, 5.74) is 0.518. The lowest BCUT2D eigenvalue weighted by molar-refractivity contribution is -0.123. The Morgan fingerprint density at radius 3 is 2.35 bits per heavy atom. The molecule has 5 nitrogen and oxygen atoms in total. The van der Waals surface area contributed by atoms with Crippen LogP contribution in [0.4, 0.5) is 5.69 Å². The lowest BCUT2D eigenvalue weighted by Crippen LogP contribution is -2.33. The summed E-state index contributed by atoms with van der Waals surface area (Å²) >= 11 is 6.00. The van der Waals surface area contributed by atoms with Gasteiger partial charge in [0.15, 0.2) is 0 Å². The van der Waals surface area contributed by atoms with Crippen LogP contribution in [0.15, 0.2) is 30.4 Å². The van der Waals surface area contributed by atoms with E-state index in [1.54, 1.807) is 6.07 Å². The van der Waals surface area contributed by atoms with Crippen molar-refractivity contribution >= 4 is 35.1 Å². The zero-order valence-corrected chi connectivity index (χ0v) is 13.1. The lowest BCUT2D eigenvalue weighted by Gasteiger charge is -2.18. The second-order valence-corrected chi connectivity index (χ2v) is 6.57. The van der Waals surface area contributed by atoms with Crippen molar-refractivity contribution in [3.05, 3.63) is 40.9 Å². The number of nitrogens with zero attached hydrogens (tertiary/aromatic N) is 1. The average molecular weight is 332 g/mol. The summed E-state index contributed by atoms with van der Waals surface area (Å²) < 4.78 is 4.69. The Morgan fingerprint density at radius 2 is 1.78 bits per heavy atom. The van der Waals surface area contributed by atoms with E-state index in [-0.39, 0.29) is 46.1 Å². The van der Waals surface area contributed by atoms with Crippen molar-refractivity contribution in [2.45, 2.75) is 6.42 Å². The van der Waals surface area contributed by atoms with Gasteiger partial charge >= 0.3 is 5.97 Å². The van der Waals surface area contributed by atoms with Gasteiger partial charge in [0, 0.05) is 0 Å². The lowest BCUT2D eigenvalue weighted by atomic mass is 9.85. The molecular formula is C17H14ClNO4. The minimum absolute atomic E-state index is 0.144. The van der Waals surface area contributed by atoms with Crippen LogP contribution in [0.25, 0.3) is 0 Å². The first-order valence-corrected chi connectivity index (χ1v) is 7.84. The molecule has 0 N–H and O–H groups in total. The highest BCUT2D eigenvalue weighted by atomic mass is 35.5. The normalized spacial score (nSPS) is 31.0. The number of fused-ring (bicyclic) bond motifs is 5. The first-order chi connectivity index (χ1) is 11.0. The van der Waals surface area contributed by atoms with Gasteiger partial charge in [0.25, 0.3) is 0 Å². The van der Waals surface area contributed by atoms with Gasteiger partial charge in [-0.2, -0.15) is 0 Å². The fourth-order valence-electron chi connectivity index (χ4n) is 4.08. The second kappa shape index (κ2) is 4.93. The third kappa shape index (κ3) is 1.89. The van der Waals surface area contributed by atoms with Crippen LogP contribution in [0.5, 0.6) is 0 Å². The van der Waals surface area contributed by atoms with Gasteiger partial charge < -0.3 is 4.74 Å². The number of hydrogen-bond acceptors (Lipinski definition) is 4. The first kappa shape index (κ1) is 14.5. The molecule has 1 heterocycles. The number of methoxy groups -OCH3 is 1. The Morgan fingerprint density at radius 1 is 1.17 bits per heavy atom. The molecule has 1 aromatic carbocycles. The smallest absolute Gasteiger partial charge is 0.339 e. The molecule has 2 amide bonds. The zero-order chi connectivity index (χ0) is 16.3. The number of imide groups is 1. The first-order valence-electron chi connectivity index (χ1n) is 7.47. The van der Waals surface area contributed by atoms with Crippen molar-refractivity contribution in [2.24, 2.45) is 23.7 Å². The van der Waals surface area contributed by atoms with Gasteiger partial charge in [0.2, 0.25) is 11.8 Å². The largest absolute Gasteiger partial charge is 0.465 e. The average Bonchev–Trinajstić information content (AvgIpc) is 3.22. The van der Waals surface area contributed by atoms with E-state index in [1.165, 1.54) is 24.1 Å². The van der Waals surface area contributed by atoms with Crippen molar-refractivity contribution in [3.8, 4) is 0 Å². The van der Waals surface area contributed by atoms with E-state index >= 15 is 0 Å². The summed E-state index contributed by atoms with van der Waals surface area (Å²) in [5, 5.41) is 0.224. The summed E-state index contributed by atoms with van der Waals surface area (Å²) in [6.07, 6.45) is 4.97. The molecule has 4 atom stereocenters. The number of rotatable bonds is 2. The number of esters is 1. The number of halogens is 1. The van der Waals surface area contributed by atoms with Crippen molar-refractivity contribution in [1.82, 2.24) is 0 Å². The van der Waals surface area contributed by atoms with E-state index < -0.39 is 5.97 Å².